The van der Waals surface area contributed by atoms with Crippen LogP contribution in [0.3, 0.4) is 0 Å². The molecule has 3 N–H and O–H groups in total. The topological polar surface area (TPSA) is 138 Å². The summed E-state index contributed by atoms with van der Waals surface area (Å²) >= 11 is 6.01. The first-order valence-electron chi connectivity index (χ1n) is 11.1. The number of phenolic OH excluding ortho intramolecular Hbond substituents is 1. The molecular weight excluding hydrogens is 518 g/mol. The molecule has 1 amide bonds. The summed E-state index contributed by atoms with van der Waals surface area (Å²) in [4.78, 5) is 12.6. The molecule has 0 fully saturated rings. The van der Waals surface area contributed by atoms with E-state index in [0.717, 1.165) is 6.07 Å². The summed E-state index contributed by atoms with van der Waals surface area (Å²) in [5, 5.41) is 23.0. The third-order valence-corrected chi connectivity index (χ3v) is 6.90. The zero-order valence-electron chi connectivity index (χ0n) is 19.8. The maximum Gasteiger partial charge on any atom is 0.296 e. The van der Waals surface area contributed by atoms with E-state index in [2.05, 4.69) is 15.5 Å². The van der Waals surface area contributed by atoms with Crippen LogP contribution in [0.2, 0.25) is 5.02 Å². The lowest BCUT2D eigenvalue weighted by Gasteiger charge is -2.12. The second kappa shape index (κ2) is 10.6. The van der Waals surface area contributed by atoms with Crippen LogP contribution in [0.15, 0.2) is 81.9 Å². The smallest absolute Gasteiger partial charge is 0.296 e. The molecule has 11 heteroatoms. The number of halogens is 1. The van der Waals surface area contributed by atoms with Crippen molar-refractivity contribution in [1.29, 1.82) is 0 Å². The number of aryl methyl sites for hydroxylation is 1. The molecule has 4 aromatic rings. The van der Waals surface area contributed by atoms with E-state index in [1.54, 1.807) is 55.5 Å². The Morgan fingerprint density at radius 1 is 1.05 bits per heavy atom. The Labute approximate surface area is 218 Å². The summed E-state index contributed by atoms with van der Waals surface area (Å²) in [7, 11) is -4.60. The fourth-order valence-corrected chi connectivity index (χ4v) is 4.72. The Hall–Kier alpha value is -3.99. The third kappa shape index (κ3) is 5.72. The van der Waals surface area contributed by atoms with Gasteiger partial charge in [-0.05, 0) is 67.3 Å². The highest BCUT2D eigenvalue weighted by Gasteiger charge is 2.20. The van der Waals surface area contributed by atoms with Gasteiger partial charge in [-0.15, -0.1) is 5.11 Å². The highest BCUT2D eigenvalue weighted by molar-refractivity contribution is 7.86. The number of fused-ring (bicyclic) bond motifs is 1. The Kier molecular flexibility index (Phi) is 7.44. The fourth-order valence-electron chi connectivity index (χ4n) is 3.66. The quantitative estimate of drug-likeness (QED) is 0.174. The Morgan fingerprint density at radius 3 is 2.43 bits per heavy atom. The molecule has 0 heterocycles. The molecule has 0 radical (unpaired) electrons. The molecule has 37 heavy (non-hydrogen) atoms. The van der Waals surface area contributed by atoms with Gasteiger partial charge in [-0.2, -0.15) is 13.5 Å². The maximum absolute atomic E-state index is 13.1. The average molecular weight is 540 g/mol. The minimum absolute atomic E-state index is 0.0101. The molecule has 0 saturated heterocycles. The number of benzene rings is 4. The van der Waals surface area contributed by atoms with E-state index >= 15 is 0 Å². The lowest BCUT2D eigenvalue weighted by Crippen LogP contribution is -2.12. The molecule has 4 aromatic carbocycles. The molecular formula is C26H22ClN3O6S. The molecule has 0 aromatic heterocycles. The molecule has 0 aliphatic carbocycles. The number of carbonyl (C=O) groups is 1. The van der Waals surface area contributed by atoms with Crippen molar-refractivity contribution in [2.45, 2.75) is 18.7 Å². The first kappa shape index (κ1) is 26.1. The van der Waals surface area contributed by atoms with Crippen LogP contribution in [0.25, 0.3) is 10.8 Å². The number of anilines is 1. The number of rotatable bonds is 7. The van der Waals surface area contributed by atoms with E-state index < -0.39 is 26.7 Å². The van der Waals surface area contributed by atoms with Crippen molar-refractivity contribution in [3.05, 3.63) is 82.9 Å². The van der Waals surface area contributed by atoms with Crippen molar-refractivity contribution in [2.75, 3.05) is 11.9 Å². The molecule has 0 unspecified atom stereocenters. The Bertz CT molecular complexity index is 1640. The van der Waals surface area contributed by atoms with Gasteiger partial charge < -0.3 is 15.2 Å². The van der Waals surface area contributed by atoms with Gasteiger partial charge in [0.2, 0.25) is 0 Å². The molecule has 190 valence electrons. The number of nitrogens with zero attached hydrogens (tertiary/aromatic N) is 2. The molecule has 0 atom stereocenters. The van der Waals surface area contributed by atoms with Crippen molar-refractivity contribution in [3.8, 4) is 11.5 Å². The SMILES string of the molecule is CCOc1ccc(NC(=O)c2cc3ccccc3c(N=Nc3cc(C)c(Cl)c(S(=O)(=O)O)c3)c2O)cc1. The second-order valence-electron chi connectivity index (χ2n) is 8.00. The highest BCUT2D eigenvalue weighted by atomic mass is 35.5. The first-order chi connectivity index (χ1) is 17.6. The maximum atomic E-state index is 13.1. The minimum atomic E-state index is -4.60. The number of phenols is 1. The standard InChI is InChI=1S/C26H22ClN3O6S/c1-3-36-19-10-8-17(9-11-19)28-26(32)21-13-16-6-4-5-7-20(16)24(25(21)31)30-29-18-12-15(2)23(27)22(14-18)37(33,34)35/h4-14,31H,3H2,1-2H3,(H,28,32)(H,33,34,35). The van der Waals surface area contributed by atoms with Crippen LogP contribution in [-0.4, -0.2) is 30.6 Å². The summed E-state index contributed by atoms with van der Waals surface area (Å²) in [6.45, 7) is 3.93. The van der Waals surface area contributed by atoms with E-state index in [0.29, 0.717) is 34.4 Å². The monoisotopic (exact) mass is 539 g/mol. The third-order valence-electron chi connectivity index (χ3n) is 5.41. The Balaban J connectivity index is 1.75. The number of aromatic hydroxyl groups is 1. The number of carbonyl (C=O) groups excluding carboxylic acids is 1. The number of azo groups is 1. The molecule has 4 rings (SSSR count). The summed E-state index contributed by atoms with van der Waals surface area (Å²) in [6, 6.07) is 17.8. The Morgan fingerprint density at radius 2 is 1.76 bits per heavy atom. The van der Waals surface area contributed by atoms with Crippen molar-refractivity contribution < 1.29 is 27.6 Å². The number of nitrogens with one attached hydrogen (secondary N) is 1. The van der Waals surface area contributed by atoms with Gasteiger partial charge in [-0.25, -0.2) is 0 Å². The first-order valence-corrected chi connectivity index (χ1v) is 12.9. The predicted molar refractivity (Wildman–Crippen MR) is 141 cm³/mol. The molecule has 0 aliphatic heterocycles. The van der Waals surface area contributed by atoms with Crippen molar-refractivity contribution >= 4 is 55.5 Å². The van der Waals surface area contributed by atoms with Crippen molar-refractivity contribution in [2.24, 2.45) is 10.2 Å². The minimum Gasteiger partial charge on any atom is -0.505 e. The van der Waals surface area contributed by atoms with Crippen LogP contribution in [0.5, 0.6) is 11.5 Å². The molecule has 0 bridgehead atoms. The normalized spacial score (nSPS) is 11.7. The second-order valence-corrected chi connectivity index (χ2v) is 9.77. The van der Waals surface area contributed by atoms with Crippen molar-refractivity contribution in [1.82, 2.24) is 0 Å². The predicted octanol–water partition coefficient (Wildman–Crippen LogP) is 6.82. The highest BCUT2D eigenvalue weighted by Crippen LogP contribution is 2.40. The number of hydrogen-bond acceptors (Lipinski definition) is 7. The summed E-state index contributed by atoms with van der Waals surface area (Å²) < 4.78 is 38.3. The van der Waals surface area contributed by atoms with Gasteiger partial charge >= 0.3 is 0 Å². The largest absolute Gasteiger partial charge is 0.505 e. The van der Waals surface area contributed by atoms with Gasteiger partial charge in [0.1, 0.15) is 16.3 Å². The van der Waals surface area contributed by atoms with Gasteiger partial charge in [0.25, 0.3) is 16.0 Å². The fraction of sp³-hybridized carbons (Fsp3) is 0.115. The van der Waals surface area contributed by atoms with Gasteiger partial charge in [0, 0.05) is 11.1 Å². The van der Waals surface area contributed by atoms with E-state index in [4.69, 9.17) is 16.3 Å². The van der Waals surface area contributed by atoms with Crippen LogP contribution >= 0.6 is 11.6 Å². The average Bonchev–Trinajstić information content (AvgIpc) is 2.85. The van der Waals surface area contributed by atoms with Gasteiger partial charge in [0.05, 0.1) is 22.9 Å². The molecule has 9 nitrogen and oxygen atoms in total. The summed E-state index contributed by atoms with van der Waals surface area (Å²) in [6.07, 6.45) is 0. The zero-order valence-corrected chi connectivity index (χ0v) is 21.3. The molecule has 0 spiro atoms. The van der Waals surface area contributed by atoms with Crippen LogP contribution < -0.4 is 10.1 Å². The van der Waals surface area contributed by atoms with Crippen LogP contribution in [0.4, 0.5) is 17.1 Å². The summed E-state index contributed by atoms with van der Waals surface area (Å²) in [5.74, 6) is -0.322. The molecule has 0 saturated carbocycles. The molecule has 0 aliphatic rings. The van der Waals surface area contributed by atoms with Crippen molar-refractivity contribution in [3.63, 3.8) is 0 Å². The van der Waals surface area contributed by atoms with E-state index in [-0.39, 0.29) is 22.0 Å². The van der Waals surface area contributed by atoms with Crippen LogP contribution in [-0.2, 0) is 10.1 Å². The number of ether oxygens (including phenoxy) is 1. The zero-order chi connectivity index (χ0) is 26.7. The van der Waals surface area contributed by atoms with Gasteiger partial charge in [0.15, 0.2) is 5.75 Å². The van der Waals surface area contributed by atoms with Gasteiger partial charge in [-0.3, -0.25) is 9.35 Å². The van der Waals surface area contributed by atoms with Gasteiger partial charge in [-0.1, -0.05) is 35.9 Å². The van der Waals surface area contributed by atoms with Crippen LogP contribution in [0, 0.1) is 6.92 Å². The van der Waals surface area contributed by atoms with E-state index in [1.807, 2.05) is 6.92 Å². The van der Waals surface area contributed by atoms with E-state index in [9.17, 15) is 22.9 Å². The number of hydrogen-bond donors (Lipinski definition) is 3. The lowest BCUT2D eigenvalue weighted by molar-refractivity contribution is 0.102. The van der Waals surface area contributed by atoms with Crippen LogP contribution in [0.1, 0.15) is 22.8 Å². The number of amides is 1. The van der Waals surface area contributed by atoms with E-state index in [1.165, 1.54) is 12.1 Å². The lowest BCUT2D eigenvalue weighted by atomic mass is 10.0. The summed E-state index contributed by atoms with van der Waals surface area (Å²) in [5.41, 5.74) is 0.896.